The second kappa shape index (κ2) is 9.87. The van der Waals surface area contributed by atoms with Crippen molar-refractivity contribution >= 4 is 69.3 Å². The van der Waals surface area contributed by atoms with E-state index in [1.54, 1.807) is 35.2 Å². The number of hydrogen-bond donors (Lipinski definition) is 0. The lowest BCUT2D eigenvalue weighted by molar-refractivity contribution is -0.387. The quantitative estimate of drug-likeness (QED) is 0.161. The van der Waals surface area contributed by atoms with Crippen LogP contribution in [0.5, 0.6) is 0 Å². The van der Waals surface area contributed by atoms with E-state index in [0.717, 1.165) is 10.5 Å². The highest BCUT2D eigenvalue weighted by atomic mass is 35.5. The van der Waals surface area contributed by atoms with Gasteiger partial charge in [-0.3, -0.25) is 19.8 Å². The van der Waals surface area contributed by atoms with Gasteiger partial charge in [0.15, 0.2) is 0 Å². The normalized spacial score (nSPS) is 14.9. The molecular weight excluding hydrogens is 484 g/mol. The second-order valence-corrected chi connectivity index (χ2v) is 10.0. The number of rotatable bonds is 6. The number of nitro benzene ring substituents is 1. The molecule has 1 fully saturated rings. The van der Waals surface area contributed by atoms with Gasteiger partial charge < -0.3 is 0 Å². The zero-order valence-electron chi connectivity index (χ0n) is 16.4. The molecule has 0 radical (unpaired) electrons. The number of amides is 1. The molecule has 4 rings (SSSR count). The fourth-order valence-corrected chi connectivity index (χ4v) is 5.32. The van der Waals surface area contributed by atoms with Crippen molar-refractivity contribution in [1.29, 1.82) is 0 Å². The first-order valence-corrected chi connectivity index (χ1v) is 11.8. The van der Waals surface area contributed by atoms with Crippen LogP contribution in [0.1, 0.15) is 11.1 Å². The van der Waals surface area contributed by atoms with Crippen LogP contribution in [0.2, 0.25) is 5.02 Å². The average Bonchev–Trinajstić information content (AvgIpc) is 3.04. The van der Waals surface area contributed by atoms with Gasteiger partial charge in [0.1, 0.15) is 4.32 Å². The van der Waals surface area contributed by atoms with Crippen LogP contribution >= 0.6 is 47.3 Å². The number of thioether (sulfide) groups is 1. The Balaban J connectivity index is 1.57. The number of carbonyl (C=O) groups is 1. The molecule has 1 aliphatic rings. The van der Waals surface area contributed by atoms with Crippen LogP contribution in [-0.2, 0) is 11.3 Å². The summed E-state index contributed by atoms with van der Waals surface area (Å²) in [6.07, 6.45) is 1.65. The summed E-state index contributed by atoms with van der Waals surface area (Å²) in [6, 6.07) is 21.6. The Morgan fingerprint density at radius 3 is 2.50 bits per heavy atom. The zero-order valence-corrected chi connectivity index (χ0v) is 19.6. The number of benzene rings is 3. The number of nitrogens with zero attached hydrogens (tertiary/aromatic N) is 2. The monoisotopic (exact) mass is 498 g/mol. The lowest BCUT2D eigenvalue weighted by Gasteiger charge is -2.14. The fraction of sp³-hybridized carbons (Fsp3) is 0.0435. The molecular formula is C23H15ClN2O3S3. The van der Waals surface area contributed by atoms with E-state index in [1.807, 2.05) is 42.5 Å². The highest BCUT2D eigenvalue weighted by Gasteiger charge is 2.32. The minimum atomic E-state index is -0.420. The van der Waals surface area contributed by atoms with Gasteiger partial charge >= 0.3 is 0 Å². The van der Waals surface area contributed by atoms with Crippen molar-refractivity contribution in [3.8, 4) is 0 Å². The standard InChI is InChI=1S/C23H15ClN2O3S3/c24-17-7-9-18(10-8-17)31-20-11-6-16(12-19(20)26(28)29)13-21-22(27)25(23(30)32-21)14-15-4-2-1-3-5-15/h1-13H,14H2/b21-13+. The number of hydrogen-bond acceptors (Lipinski definition) is 6. The van der Waals surface area contributed by atoms with Crippen molar-refractivity contribution in [2.24, 2.45) is 0 Å². The molecule has 1 amide bonds. The molecule has 0 saturated carbocycles. The van der Waals surface area contributed by atoms with E-state index >= 15 is 0 Å². The van der Waals surface area contributed by atoms with E-state index < -0.39 is 4.92 Å². The van der Waals surface area contributed by atoms with Crippen molar-refractivity contribution in [2.75, 3.05) is 0 Å². The Bertz CT molecular complexity index is 1230. The number of carbonyl (C=O) groups excluding carboxylic acids is 1. The highest BCUT2D eigenvalue weighted by Crippen LogP contribution is 2.38. The minimum absolute atomic E-state index is 0.0292. The van der Waals surface area contributed by atoms with Crippen LogP contribution in [0.15, 0.2) is 87.5 Å². The molecule has 1 aliphatic heterocycles. The van der Waals surface area contributed by atoms with Gasteiger partial charge in [0.2, 0.25) is 0 Å². The Morgan fingerprint density at radius 2 is 1.81 bits per heavy atom. The number of nitro groups is 1. The Hall–Kier alpha value is -2.65. The molecule has 160 valence electrons. The summed E-state index contributed by atoms with van der Waals surface area (Å²) in [7, 11) is 0. The van der Waals surface area contributed by atoms with Crippen molar-refractivity contribution in [3.05, 3.63) is 104 Å². The molecule has 0 unspecified atom stereocenters. The predicted molar refractivity (Wildman–Crippen MR) is 134 cm³/mol. The van der Waals surface area contributed by atoms with Gasteiger partial charge in [0.25, 0.3) is 11.6 Å². The highest BCUT2D eigenvalue weighted by molar-refractivity contribution is 8.26. The van der Waals surface area contributed by atoms with Crippen molar-refractivity contribution in [2.45, 2.75) is 16.3 Å². The predicted octanol–water partition coefficient (Wildman–Crippen LogP) is 6.80. The summed E-state index contributed by atoms with van der Waals surface area (Å²) in [5, 5.41) is 12.3. The van der Waals surface area contributed by atoms with Crippen LogP contribution in [0.3, 0.4) is 0 Å². The van der Waals surface area contributed by atoms with Gasteiger partial charge in [-0.25, -0.2) is 0 Å². The van der Waals surface area contributed by atoms with E-state index in [4.69, 9.17) is 23.8 Å². The zero-order chi connectivity index (χ0) is 22.7. The minimum Gasteiger partial charge on any atom is -0.288 e. The molecule has 0 N–H and O–H groups in total. The van der Waals surface area contributed by atoms with Crippen LogP contribution in [0.25, 0.3) is 6.08 Å². The first-order chi connectivity index (χ1) is 15.4. The van der Waals surface area contributed by atoms with E-state index in [2.05, 4.69) is 0 Å². The summed E-state index contributed by atoms with van der Waals surface area (Å²) in [6.45, 7) is 0.389. The third kappa shape index (κ3) is 5.21. The summed E-state index contributed by atoms with van der Waals surface area (Å²) in [5.41, 5.74) is 1.51. The third-order valence-corrected chi connectivity index (χ3v) is 7.28. The number of halogens is 1. The molecule has 1 saturated heterocycles. The molecule has 5 nitrogen and oxygen atoms in total. The van der Waals surface area contributed by atoms with Crippen molar-refractivity contribution < 1.29 is 9.72 Å². The summed E-state index contributed by atoms with van der Waals surface area (Å²) in [5.74, 6) is -0.203. The van der Waals surface area contributed by atoms with Crippen LogP contribution < -0.4 is 0 Å². The Labute approximate surface area is 203 Å². The molecule has 0 aliphatic carbocycles. The van der Waals surface area contributed by atoms with Gasteiger partial charge in [0.05, 0.1) is 21.3 Å². The smallest absolute Gasteiger partial charge is 0.283 e. The van der Waals surface area contributed by atoms with Crippen molar-refractivity contribution in [3.63, 3.8) is 0 Å². The molecule has 3 aromatic rings. The van der Waals surface area contributed by atoms with Gasteiger partial charge in [-0.1, -0.05) is 83.7 Å². The second-order valence-electron chi connectivity index (χ2n) is 6.79. The molecule has 0 atom stereocenters. The topological polar surface area (TPSA) is 63.4 Å². The summed E-state index contributed by atoms with van der Waals surface area (Å²) < 4.78 is 0.467. The van der Waals surface area contributed by atoms with E-state index in [0.29, 0.717) is 31.3 Å². The maximum atomic E-state index is 12.9. The van der Waals surface area contributed by atoms with E-state index in [9.17, 15) is 14.9 Å². The van der Waals surface area contributed by atoms with Crippen molar-refractivity contribution in [1.82, 2.24) is 4.90 Å². The summed E-state index contributed by atoms with van der Waals surface area (Å²) >= 11 is 13.8. The molecule has 1 heterocycles. The first-order valence-electron chi connectivity index (χ1n) is 9.42. The fourth-order valence-electron chi connectivity index (χ4n) is 3.04. The van der Waals surface area contributed by atoms with Crippen LogP contribution in [0, 0.1) is 10.1 Å². The molecule has 0 aromatic heterocycles. The molecule has 9 heteroatoms. The van der Waals surface area contributed by atoms with Crippen LogP contribution in [-0.4, -0.2) is 20.1 Å². The Kier molecular flexibility index (Phi) is 6.95. The Morgan fingerprint density at radius 1 is 1.09 bits per heavy atom. The van der Waals surface area contributed by atoms with Gasteiger partial charge in [-0.2, -0.15) is 0 Å². The first kappa shape index (κ1) is 22.5. The molecule has 0 bridgehead atoms. The SMILES string of the molecule is O=C1/C(=C\c2ccc(Sc3ccc(Cl)cc3)c([N+](=O)[O-])c2)SC(=S)N1Cc1ccccc1. The third-order valence-electron chi connectivity index (χ3n) is 4.58. The molecule has 0 spiro atoms. The molecule has 32 heavy (non-hydrogen) atoms. The van der Waals surface area contributed by atoms with E-state index in [-0.39, 0.29) is 11.6 Å². The lowest BCUT2D eigenvalue weighted by Crippen LogP contribution is -2.27. The largest absolute Gasteiger partial charge is 0.288 e. The molecule has 3 aromatic carbocycles. The average molecular weight is 499 g/mol. The van der Waals surface area contributed by atoms with E-state index in [1.165, 1.54) is 29.6 Å². The summed E-state index contributed by atoms with van der Waals surface area (Å²) in [4.78, 5) is 27.5. The lowest BCUT2D eigenvalue weighted by atomic mass is 10.1. The van der Waals surface area contributed by atoms with Crippen LogP contribution in [0.4, 0.5) is 5.69 Å². The maximum Gasteiger partial charge on any atom is 0.283 e. The maximum absolute atomic E-state index is 12.9. The van der Waals surface area contributed by atoms with Gasteiger partial charge in [-0.15, -0.1) is 0 Å². The van der Waals surface area contributed by atoms with Gasteiger partial charge in [-0.05, 0) is 47.5 Å². The van der Waals surface area contributed by atoms with Gasteiger partial charge in [0, 0.05) is 16.0 Å². The number of thiocarbonyl (C=S) groups is 1.